The van der Waals surface area contributed by atoms with Gasteiger partial charge in [-0.2, -0.15) is 10.5 Å². The molecule has 6 nitrogen and oxygen atoms in total. The van der Waals surface area contributed by atoms with Gasteiger partial charge in [0.1, 0.15) is 17.5 Å². The highest BCUT2D eigenvalue weighted by Gasteiger charge is 2.36. The number of halogens is 3. The highest BCUT2D eigenvalue weighted by Crippen LogP contribution is 2.43. The number of hydrogen-bond acceptors (Lipinski definition) is 5. The Morgan fingerprint density at radius 3 is 2.37 bits per heavy atom. The number of hydrogen-bond donors (Lipinski definition) is 1. The quantitative estimate of drug-likeness (QED) is 0.621. The maximum absolute atomic E-state index is 15.7. The van der Waals surface area contributed by atoms with Gasteiger partial charge >= 0.3 is 0 Å². The number of carbonyl (C=O) groups is 1. The molecule has 2 aromatic rings. The molecule has 0 unspecified atom stereocenters. The zero-order valence-electron chi connectivity index (χ0n) is 19.4. The molecule has 2 aliphatic rings. The Morgan fingerprint density at radius 1 is 1.17 bits per heavy atom. The van der Waals surface area contributed by atoms with E-state index in [0.29, 0.717) is 28.1 Å². The van der Waals surface area contributed by atoms with Crippen molar-refractivity contribution in [3.05, 3.63) is 91.3 Å². The molecule has 0 spiro atoms. The third kappa shape index (κ3) is 3.77. The van der Waals surface area contributed by atoms with Gasteiger partial charge in [0.15, 0.2) is 0 Å². The van der Waals surface area contributed by atoms with E-state index in [4.69, 9.17) is 11.6 Å². The maximum Gasteiger partial charge on any atom is 0.261 e. The summed E-state index contributed by atoms with van der Waals surface area (Å²) in [5, 5.41) is 22.3. The zero-order chi connectivity index (χ0) is 25.6. The van der Waals surface area contributed by atoms with E-state index in [1.165, 1.54) is 18.2 Å². The van der Waals surface area contributed by atoms with Crippen LogP contribution in [0.1, 0.15) is 52.4 Å². The molecular formula is C26H20ClF2N5O. The molecule has 2 aromatic carbocycles. The fraction of sp³-hybridized carbons (Fsp3) is 0.231. The van der Waals surface area contributed by atoms with Crippen molar-refractivity contribution >= 4 is 23.3 Å². The smallest absolute Gasteiger partial charge is 0.261 e. The van der Waals surface area contributed by atoms with Crippen LogP contribution < -0.4 is 5.32 Å². The summed E-state index contributed by atoms with van der Waals surface area (Å²) in [5.41, 5.74) is 2.86. The molecule has 0 fully saturated rings. The summed E-state index contributed by atoms with van der Waals surface area (Å²) in [6.45, 7) is 5.19. The Kier molecular flexibility index (Phi) is 6.19. The van der Waals surface area contributed by atoms with Crippen molar-refractivity contribution in [2.24, 2.45) is 4.99 Å². The van der Waals surface area contributed by atoms with Crippen molar-refractivity contribution < 1.29 is 13.6 Å². The van der Waals surface area contributed by atoms with Gasteiger partial charge in [-0.1, -0.05) is 17.7 Å². The van der Waals surface area contributed by atoms with Crippen LogP contribution >= 0.6 is 11.6 Å². The molecule has 1 amide bonds. The molecule has 0 saturated heterocycles. The molecule has 35 heavy (non-hydrogen) atoms. The third-order valence-electron chi connectivity index (χ3n) is 6.65. The molecule has 0 bridgehead atoms. The van der Waals surface area contributed by atoms with Crippen molar-refractivity contribution in [1.29, 1.82) is 10.5 Å². The summed E-state index contributed by atoms with van der Waals surface area (Å²) >= 11 is 6.02. The summed E-state index contributed by atoms with van der Waals surface area (Å²) in [5.74, 6) is -2.89. The first-order valence-corrected chi connectivity index (χ1v) is 11.1. The van der Waals surface area contributed by atoms with Crippen molar-refractivity contribution in [1.82, 2.24) is 10.2 Å². The van der Waals surface area contributed by atoms with Crippen molar-refractivity contribution in [2.75, 3.05) is 7.05 Å². The highest BCUT2D eigenvalue weighted by atomic mass is 35.5. The summed E-state index contributed by atoms with van der Waals surface area (Å²) in [6.07, 6.45) is 0. The lowest BCUT2D eigenvalue weighted by atomic mass is 9.79. The van der Waals surface area contributed by atoms with Crippen LogP contribution in [-0.2, 0) is 6.54 Å². The normalized spacial score (nSPS) is 15.6. The number of benzene rings is 2. The van der Waals surface area contributed by atoms with Gasteiger partial charge in [-0.3, -0.25) is 9.79 Å². The molecule has 4 rings (SSSR count). The minimum Gasteiger partial charge on any atom is -0.350 e. The minimum absolute atomic E-state index is 0.0535. The van der Waals surface area contributed by atoms with Crippen LogP contribution in [0.3, 0.4) is 0 Å². The van der Waals surface area contributed by atoms with Gasteiger partial charge in [-0.05, 0) is 50.1 Å². The standard InChI is InChI=1S/C26H20ClF2N5O/c1-12-19-11-32-25(33-26(35)23-20(27)6-5-7-21(23)28)15(19)8-16(24(12)29)22-17(9-30)13(2)34(4)14(3)18(22)10-31/h5-8,22H,11H2,1-4H3,(H,32,33,35). The molecular weight excluding hydrogens is 472 g/mol. The fourth-order valence-corrected chi connectivity index (χ4v) is 4.74. The van der Waals surface area contributed by atoms with Crippen LogP contribution in [0.25, 0.3) is 0 Å². The van der Waals surface area contributed by atoms with E-state index in [1.807, 2.05) is 0 Å². The number of nitrogens with one attached hydrogen (secondary N) is 1. The van der Waals surface area contributed by atoms with Crippen LogP contribution in [0, 0.1) is 41.2 Å². The second-order valence-corrected chi connectivity index (χ2v) is 8.77. The van der Waals surface area contributed by atoms with Gasteiger partial charge in [0, 0.05) is 29.6 Å². The largest absolute Gasteiger partial charge is 0.350 e. The molecule has 0 radical (unpaired) electrons. The Hall–Kier alpha value is -4.01. The number of rotatable bonds is 2. The van der Waals surface area contributed by atoms with E-state index in [1.54, 1.807) is 32.7 Å². The van der Waals surface area contributed by atoms with Gasteiger partial charge in [-0.25, -0.2) is 8.78 Å². The number of aliphatic imine (C=N–C) groups is 1. The molecule has 0 atom stereocenters. The molecule has 176 valence electrons. The maximum atomic E-state index is 15.7. The number of nitrogens with zero attached hydrogens (tertiary/aromatic N) is 4. The van der Waals surface area contributed by atoms with Gasteiger partial charge in [0.05, 0.1) is 46.3 Å². The summed E-state index contributed by atoms with van der Waals surface area (Å²) in [7, 11) is 1.74. The lowest BCUT2D eigenvalue weighted by Gasteiger charge is -2.33. The lowest BCUT2D eigenvalue weighted by molar-refractivity contribution is 0.0973. The average molecular weight is 492 g/mol. The number of nitriles is 2. The van der Waals surface area contributed by atoms with Crippen molar-refractivity contribution in [3.63, 3.8) is 0 Å². The zero-order valence-corrected chi connectivity index (χ0v) is 20.2. The minimum atomic E-state index is -0.913. The van der Waals surface area contributed by atoms with Crippen LogP contribution in [0.2, 0.25) is 5.02 Å². The van der Waals surface area contributed by atoms with E-state index >= 15 is 4.39 Å². The highest BCUT2D eigenvalue weighted by molar-refractivity contribution is 6.34. The van der Waals surface area contributed by atoms with Gasteiger partial charge in [-0.15, -0.1) is 0 Å². The first kappa shape index (κ1) is 24.1. The second kappa shape index (κ2) is 8.98. The van der Waals surface area contributed by atoms with E-state index < -0.39 is 23.5 Å². The monoisotopic (exact) mass is 491 g/mol. The Morgan fingerprint density at radius 2 is 1.80 bits per heavy atom. The predicted molar refractivity (Wildman–Crippen MR) is 127 cm³/mol. The Balaban J connectivity index is 1.83. The molecule has 9 heteroatoms. The third-order valence-corrected chi connectivity index (χ3v) is 6.96. The number of allylic oxidation sites excluding steroid dienone is 4. The summed E-state index contributed by atoms with van der Waals surface area (Å²) < 4.78 is 29.9. The predicted octanol–water partition coefficient (Wildman–Crippen LogP) is 5.24. The Bertz CT molecular complexity index is 1420. The Labute approximate surface area is 206 Å². The molecule has 0 saturated carbocycles. The van der Waals surface area contributed by atoms with Gasteiger partial charge in [0.25, 0.3) is 5.91 Å². The molecule has 1 N–H and O–H groups in total. The summed E-state index contributed by atoms with van der Waals surface area (Å²) in [4.78, 5) is 18.9. The fourth-order valence-electron chi connectivity index (χ4n) is 4.49. The number of carbonyl (C=O) groups excluding carboxylic acids is 1. The SMILES string of the molecule is CC1=C(C#N)C(c2cc3c(c(C)c2F)CN=C3NC(=O)c2c(F)cccc2Cl)C(C#N)=C(C)N1C. The average Bonchev–Trinajstić information content (AvgIpc) is 3.22. The molecule has 0 aromatic heterocycles. The number of amidine groups is 1. The van der Waals surface area contributed by atoms with Crippen molar-refractivity contribution in [2.45, 2.75) is 33.2 Å². The van der Waals surface area contributed by atoms with Crippen LogP contribution in [-0.4, -0.2) is 23.7 Å². The molecule has 0 aliphatic carbocycles. The topological polar surface area (TPSA) is 92.3 Å². The van der Waals surface area contributed by atoms with Crippen LogP contribution in [0.5, 0.6) is 0 Å². The van der Waals surface area contributed by atoms with Gasteiger partial charge in [0.2, 0.25) is 0 Å². The van der Waals surface area contributed by atoms with E-state index in [-0.39, 0.29) is 39.7 Å². The number of fused-ring (bicyclic) bond motifs is 1. The number of amides is 1. The van der Waals surface area contributed by atoms with Crippen LogP contribution in [0.15, 0.2) is 51.8 Å². The first-order chi connectivity index (χ1) is 16.6. The van der Waals surface area contributed by atoms with E-state index in [9.17, 15) is 19.7 Å². The van der Waals surface area contributed by atoms with E-state index in [2.05, 4.69) is 22.4 Å². The van der Waals surface area contributed by atoms with Gasteiger partial charge < -0.3 is 10.2 Å². The van der Waals surface area contributed by atoms with Crippen molar-refractivity contribution in [3.8, 4) is 12.1 Å². The molecule has 2 heterocycles. The second-order valence-electron chi connectivity index (χ2n) is 8.36. The lowest BCUT2D eigenvalue weighted by Crippen LogP contribution is -2.32. The summed E-state index contributed by atoms with van der Waals surface area (Å²) in [6, 6.07) is 9.70. The molecule has 2 aliphatic heterocycles. The van der Waals surface area contributed by atoms with E-state index in [0.717, 1.165) is 6.07 Å². The first-order valence-electron chi connectivity index (χ1n) is 10.7. The van der Waals surface area contributed by atoms with Crippen LogP contribution in [0.4, 0.5) is 8.78 Å².